The zero-order valence-electron chi connectivity index (χ0n) is 7.84. The summed E-state index contributed by atoms with van der Waals surface area (Å²) in [5.41, 5.74) is 0. The molecule has 2 unspecified atom stereocenters. The lowest BCUT2D eigenvalue weighted by atomic mass is 9.75. The van der Waals surface area contributed by atoms with Crippen molar-refractivity contribution in [3.63, 3.8) is 0 Å². The molecule has 1 aliphatic heterocycles. The highest BCUT2D eigenvalue weighted by Crippen LogP contribution is 2.36. The Kier molecular flexibility index (Phi) is 2.77. The van der Waals surface area contributed by atoms with E-state index in [1.165, 1.54) is 32.1 Å². The number of halogens is 1. The molecule has 1 saturated heterocycles. The molecule has 2 nitrogen and oxygen atoms in total. The van der Waals surface area contributed by atoms with Crippen molar-refractivity contribution in [1.29, 1.82) is 0 Å². The van der Waals surface area contributed by atoms with E-state index in [-0.39, 0.29) is 5.37 Å². The molecule has 2 rings (SSSR count). The molecule has 2 fully saturated rings. The van der Waals surface area contributed by atoms with Crippen molar-refractivity contribution in [3.8, 4) is 0 Å². The predicted molar refractivity (Wildman–Crippen MR) is 52.9 cm³/mol. The molecule has 1 heterocycles. The molecular formula is C10H16ClNO. The fraction of sp³-hybridized carbons (Fsp3) is 0.900. The first-order chi connectivity index (χ1) is 6.27. The maximum atomic E-state index is 11.0. The Bertz CT molecular complexity index is 207. The summed E-state index contributed by atoms with van der Waals surface area (Å²) in [5, 5.41) is -0.260. The highest BCUT2D eigenvalue weighted by molar-refractivity contribution is 6.62. The molecular weight excluding hydrogens is 186 g/mol. The van der Waals surface area contributed by atoms with Crippen molar-refractivity contribution in [3.05, 3.63) is 0 Å². The Morgan fingerprint density at radius 3 is 2.54 bits per heavy atom. The van der Waals surface area contributed by atoms with Gasteiger partial charge in [-0.1, -0.05) is 19.3 Å². The van der Waals surface area contributed by atoms with Crippen LogP contribution in [0.5, 0.6) is 0 Å². The third-order valence-electron chi connectivity index (χ3n) is 3.54. The first-order valence-electron chi connectivity index (χ1n) is 5.22. The number of hydrogen-bond acceptors (Lipinski definition) is 1. The van der Waals surface area contributed by atoms with Crippen LogP contribution in [0.2, 0.25) is 0 Å². The molecule has 1 amide bonds. The van der Waals surface area contributed by atoms with Crippen molar-refractivity contribution in [2.45, 2.75) is 32.1 Å². The van der Waals surface area contributed by atoms with Crippen LogP contribution in [0.15, 0.2) is 0 Å². The van der Waals surface area contributed by atoms with Gasteiger partial charge in [-0.25, -0.2) is 0 Å². The van der Waals surface area contributed by atoms with Crippen molar-refractivity contribution in [1.82, 2.24) is 4.90 Å². The third kappa shape index (κ3) is 1.98. The van der Waals surface area contributed by atoms with E-state index >= 15 is 0 Å². The van der Waals surface area contributed by atoms with E-state index in [1.807, 2.05) is 0 Å². The van der Waals surface area contributed by atoms with Crippen molar-refractivity contribution < 1.29 is 4.79 Å². The normalized spacial score (nSPS) is 34.1. The van der Waals surface area contributed by atoms with Crippen LogP contribution in [-0.2, 0) is 0 Å². The van der Waals surface area contributed by atoms with E-state index < -0.39 is 0 Å². The number of hydrogen-bond donors (Lipinski definition) is 0. The summed E-state index contributed by atoms with van der Waals surface area (Å²) in [7, 11) is 0. The lowest BCUT2D eigenvalue weighted by molar-refractivity contribution is 0.112. The van der Waals surface area contributed by atoms with Crippen molar-refractivity contribution in [2.75, 3.05) is 13.1 Å². The minimum Gasteiger partial charge on any atom is -0.329 e. The smallest absolute Gasteiger partial charge is 0.316 e. The monoisotopic (exact) mass is 201 g/mol. The number of carbonyl (C=O) groups is 1. The fourth-order valence-corrected chi connectivity index (χ4v) is 2.91. The maximum absolute atomic E-state index is 11.0. The van der Waals surface area contributed by atoms with Crippen molar-refractivity contribution in [2.24, 2.45) is 11.8 Å². The van der Waals surface area contributed by atoms with Crippen LogP contribution in [0.1, 0.15) is 32.1 Å². The molecule has 0 bridgehead atoms. The number of likely N-dealkylation sites (tertiary alicyclic amines) is 1. The van der Waals surface area contributed by atoms with Gasteiger partial charge < -0.3 is 4.90 Å². The summed E-state index contributed by atoms with van der Waals surface area (Å²) in [6.45, 7) is 1.79. The first kappa shape index (κ1) is 9.32. The number of nitrogens with zero attached hydrogens (tertiary/aromatic N) is 1. The average molecular weight is 202 g/mol. The van der Waals surface area contributed by atoms with Gasteiger partial charge in [0.2, 0.25) is 0 Å². The van der Waals surface area contributed by atoms with Gasteiger partial charge in [-0.3, -0.25) is 4.79 Å². The summed E-state index contributed by atoms with van der Waals surface area (Å²) >= 11 is 5.47. The average Bonchev–Trinajstić information content (AvgIpc) is 2.17. The second kappa shape index (κ2) is 3.87. The zero-order chi connectivity index (χ0) is 9.26. The summed E-state index contributed by atoms with van der Waals surface area (Å²) in [5.74, 6) is 1.62. The molecule has 0 aromatic heterocycles. The highest BCUT2D eigenvalue weighted by atomic mass is 35.5. The second-order valence-electron chi connectivity index (χ2n) is 4.29. The molecule has 1 aliphatic carbocycles. The molecule has 0 radical (unpaired) electrons. The van der Waals surface area contributed by atoms with Gasteiger partial charge in [-0.2, -0.15) is 0 Å². The fourth-order valence-electron chi connectivity index (χ4n) is 2.76. The number of carbonyl (C=O) groups excluding carboxylic acids is 1. The molecule has 0 N–H and O–H groups in total. The molecule has 2 aliphatic rings. The van der Waals surface area contributed by atoms with Crippen LogP contribution >= 0.6 is 11.6 Å². The highest BCUT2D eigenvalue weighted by Gasteiger charge is 2.32. The molecule has 0 aromatic carbocycles. The van der Waals surface area contributed by atoms with Crippen molar-refractivity contribution >= 4 is 17.0 Å². The van der Waals surface area contributed by atoms with Crippen LogP contribution in [0.4, 0.5) is 4.79 Å². The Morgan fingerprint density at radius 2 is 1.85 bits per heavy atom. The van der Waals surface area contributed by atoms with Gasteiger partial charge in [0.1, 0.15) is 0 Å². The zero-order valence-corrected chi connectivity index (χ0v) is 8.59. The van der Waals surface area contributed by atoms with Crippen LogP contribution in [0.25, 0.3) is 0 Å². The van der Waals surface area contributed by atoms with Crippen LogP contribution < -0.4 is 0 Å². The van der Waals surface area contributed by atoms with E-state index in [9.17, 15) is 4.79 Å². The van der Waals surface area contributed by atoms with E-state index in [2.05, 4.69) is 0 Å². The number of fused-ring (bicyclic) bond motifs is 1. The molecule has 1 saturated carbocycles. The van der Waals surface area contributed by atoms with Crippen LogP contribution in [0.3, 0.4) is 0 Å². The number of piperidine rings is 1. The Balaban J connectivity index is 1.95. The Labute approximate surface area is 84.2 Å². The van der Waals surface area contributed by atoms with Gasteiger partial charge in [0.25, 0.3) is 0 Å². The van der Waals surface area contributed by atoms with Gasteiger partial charge in [-0.05, 0) is 36.3 Å². The number of amides is 1. The summed E-state index contributed by atoms with van der Waals surface area (Å²) in [6.07, 6.45) is 6.56. The van der Waals surface area contributed by atoms with Gasteiger partial charge in [0.15, 0.2) is 0 Å². The van der Waals surface area contributed by atoms with E-state index in [1.54, 1.807) is 4.90 Å². The topological polar surface area (TPSA) is 20.3 Å². The molecule has 0 aromatic rings. The van der Waals surface area contributed by atoms with Crippen LogP contribution in [-0.4, -0.2) is 23.4 Å². The van der Waals surface area contributed by atoms with E-state index in [4.69, 9.17) is 11.6 Å². The minimum atomic E-state index is -0.260. The van der Waals surface area contributed by atoms with Crippen LogP contribution in [0, 0.1) is 11.8 Å². The Hall–Kier alpha value is -0.240. The molecule has 2 atom stereocenters. The predicted octanol–water partition coefficient (Wildman–Crippen LogP) is 2.86. The van der Waals surface area contributed by atoms with E-state index in [0.29, 0.717) is 0 Å². The maximum Gasteiger partial charge on any atom is 0.316 e. The van der Waals surface area contributed by atoms with Gasteiger partial charge in [-0.15, -0.1) is 0 Å². The molecule has 0 spiro atoms. The quantitative estimate of drug-likeness (QED) is 0.436. The third-order valence-corrected chi connectivity index (χ3v) is 3.78. The molecule has 74 valence electrons. The first-order valence-corrected chi connectivity index (χ1v) is 5.59. The van der Waals surface area contributed by atoms with Gasteiger partial charge in [0.05, 0.1) is 0 Å². The minimum absolute atomic E-state index is 0.260. The molecule has 3 heteroatoms. The Morgan fingerprint density at radius 1 is 1.15 bits per heavy atom. The van der Waals surface area contributed by atoms with Gasteiger partial charge >= 0.3 is 5.37 Å². The largest absolute Gasteiger partial charge is 0.329 e. The number of rotatable bonds is 0. The lowest BCUT2D eigenvalue weighted by Gasteiger charge is -2.40. The van der Waals surface area contributed by atoms with E-state index in [0.717, 1.165) is 24.9 Å². The second-order valence-corrected chi connectivity index (χ2v) is 4.62. The summed E-state index contributed by atoms with van der Waals surface area (Å²) in [6, 6.07) is 0. The summed E-state index contributed by atoms with van der Waals surface area (Å²) in [4.78, 5) is 12.8. The van der Waals surface area contributed by atoms with Gasteiger partial charge in [0, 0.05) is 13.1 Å². The summed E-state index contributed by atoms with van der Waals surface area (Å²) < 4.78 is 0. The molecule has 13 heavy (non-hydrogen) atoms. The standard InChI is InChI=1S/C10H16ClNO/c11-10(13)12-6-5-8-3-1-2-4-9(8)7-12/h8-9H,1-7H2. The SMILES string of the molecule is O=C(Cl)N1CCC2CCCCC2C1. The lowest BCUT2D eigenvalue weighted by Crippen LogP contribution is -2.42.